The van der Waals surface area contributed by atoms with Crippen LogP contribution in [-0.4, -0.2) is 28.0 Å². The average molecular weight is 381 g/mol. The Morgan fingerprint density at radius 1 is 1.11 bits per heavy atom. The van der Waals surface area contributed by atoms with E-state index in [1.165, 1.54) is 5.56 Å². The molecule has 4 rings (SSSR count). The molecule has 0 amide bonds. The Balaban J connectivity index is 1.53. The van der Waals surface area contributed by atoms with Crippen LogP contribution in [0.3, 0.4) is 0 Å². The van der Waals surface area contributed by atoms with Gasteiger partial charge >= 0.3 is 0 Å². The van der Waals surface area contributed by atoms with Gasteiger partial charge in [0.15, 0.2) is 5.16 Å². The first-order valence-corrected chi connectivity index (χ1v) is 10.6. The van der Waals surface area contributed by atoms with Crippen molar-refractivity contribution in [3.8, 4) is 0 Å². The van der Waals surface area contributed by atoms with Crippen LogP contribution in [0.5, 0.6) is 0 Å². The Bertz CT molecular complexity index is 949. The van der Waals surface area contributed by atoms with Gasteiger partial charge < -0.3 is 4.74 Å². The molecule has 0 spiro atoms. The van der Waals surface area contributed by atoms with Crippen LogP contribution >= 0.6 is 11.8 Å². The van der Waals surface area contributed by atoms with Crippen molar-refractivity contribution in [2.45, 2.75) is 43.5 Å². The third kappa shape index (κ3) is 4.42. The highest BCUT2D eigenvalue weighted by Crippen LogP contribution is 2.22. The highest BCUT2D eigenvalue weighted by molar-refractivity contribution is 7.99. The largest absolute Gasteiger partial charge is 0.376 e. The van der Waals surface area contributed by atoms with E-state index >= 15 is 0 Å². The summed E-state index contributed by atoms with van der Waals surface area (Å²) in [6.07, 6.45) is 4.29. The van der Waals surface area contributed by atoms with E-state index in [0.717, 1.165) is 48.7 Å². The summed E-state index contributed by atoms with van der Waals surface area (Å²) in [7, 11) is 0. The molecule has 3 aromatic rings. The molecule has 1 fully saturated rings. The number of para-hydroxylation sites is 1. The molecule has 1 atom stereocenters. The summed E-state index contributed by atoms with van der Waals surface area (Å²) >= 11 is 1.67. The molecule has 27 heavy (non-hydrogen) atoms. The van der Waals surface area contributed by atoms with Crippen molar-refractivity contribution < 1.29 is 4.74 Å². The van der Waals surface area contributed by atoms with Crippen molar-refractivity contribution in [3.63, 3.8) is 0 Å². The monoisotopic (exact) mass is 380 g/mol. The van der Waals surface area contributed by atoms with Crippen LogP contribution in [0.1, 0.15) is 24.8 Å². The van der Waals surface area contributed by atoms with Crippen LogP contribution in [-0.2, 0) is 17.7 Å². The number of thioether (sulfide) groups is 1. The van der Waals surface area contributed by atoms with Gasteiger partial charge in [0.05, 0.1) is 23.6 Å². The average Bonchev–Trinajstić information content (AvgIpc) is 3.22. The Hall–Kier alpha value is -2.11. The minimum atomic E-state index is 0.0432. The lowest BCUT2D eigenvalue weighted by Crippen LogP contribution is -2.28. The quantitative estimate of drug-likeness (QED) is 0.348. The number of benzene rings is 2. The predicted molar refractivity (Wildman–Crippen MR) is 110 cm³/mol. The van der Waals surface area contributed by atoms with Gasteiger partial charge in [0.25, 0.3) is 5.56 Å². The molecule has 1 aliphatic rings. The molecule has 1 unspecified atom stereocenters. The number of hydrogen-bond donors (Lipinski definition) is 0. The molecule has 5 heteroatoms. The minimum absolute atomic E-state index is 0.0432. The van der Waals surface area contributed by atoms with Crippen LogP contribution in [0.4, 0.5) is 0 Å². The zero-order valence-electron chi connectivity index (χ0n) is 15.3. The Morgan fingerprint density at radius 2 is 1.93 bits per heavy atom. The van der Waals surface area contributed by atoms with Crippen LogP contribution < -0.4 is 5.56 Å². The Labute approximate surface area is 163 Å². The number of aromatic nitrogens is 2. The lowest BCUT2D eigenvalue weighted by atomic mass is 10.1. The maximum Gasteiger partial charge on any atom is 0.262 e. The van der Waals surface area contributed by atoms with Gasteiger partial charge in [0, 0.05) is 12.4 Å². The number of ether oxygens (including phenoxy) is 1. The first kappa shape index (κ1) is 18.3. The highest BCUT2D eigenvalue weighted by atomic mass is 32.2. The van der Waals surface area contributed by atoms with Crippen molar-refractivity contribution in [1.82, 2.24) is 9.55 Å². The molecule has 2 aromatic carbocycles. The zero-order chi connectivity index (χ0) is 18.5. The summed E-state index contributed by atoms with van der Waals surface area (Å²) in [4.78, 5) is 17.8. The van der Waals surface area contributed by atoms with Gasteiger partial charge in [-0.25, -0.2) is 4.98 Å². The lowest BCUT2D eigenvalue weighted by Gasteiger charge is -2.16. The summed E-state index contributed by atoms with van der Waals surface area (Å²) < 4.78 is 7.59. The van der Waals surface area contributed by atoms with Gasteiger partial charge in [-0.15, -0.1) is 0 Å². The molecule has 1 aliphatic heterocycles. The van der Waals surface area contributed by atoms with Crippen molar-refractivity contribution in [2.75, 3.05) is 12.4 Å². The van der Waals surface area contributed by atoms with E-state index in [-0.39, 0.29) is 11.7 Å². The third-order valence-electron chi connectivity index (χ3n) is 4.92. The predicted octanol–water partition coefficient (Wildman–Crippen LogP) is 4.30. The standard InChI is InChI=1S/C22H24N2O2S/c25-21-19-12-4-5-13-20(19)23-22(24(21)16-18-11-6-14-26-18)27-15-7-10-17-8-2-1-3-9-17/h1-5,8-9,12-13,18H,6-7,10-11,14-16H2. The van der Waals surface area contributed by atoms with Gasteiger partial charge in [0.1, 0.15) is 0 Å². The molecule has 2 heterocycles. The number of aryl methyl sites for hydroxylation is 1. The van der Waals surface area contributed by atoms with Gasteiger partial charge in [-0.1, -0.05) is 54.2 Å². The fraction of sp³-hybridized carbons (Fsp3) is 0.364. The number of fused-ring (bicyclic) bond motifs is 1. The van der Waals surface area contributed by atoms with Gasteiger partial charge in [-0.05, 0) is 43.4 Å². The number of hydrogen-bond acceptors (Lipinski definition) is 4. The van der Waals surface area contributed by atoms with Gasteiger partial charge in [0.2, 0.25) is 0 Å². The van der Waals surface area contributed by atoms with E-state index in [1.54, 1.807) is 11.8 Å². The summed E-state index contributed by atoms with van der Waals surface area (Å²) in [6, 6.07) is 18.1. The fourth-order valence-corrected chi connectivity index (χ4v) is 4.44. The first-order chi connectivity index (χ1) is 13.3. The second kappa shape index (κ2) is 8.72. The molecular weight excluding hydrogens is 356 g/mol. The van der Waals surface area contributed by atoms with E-state index in [0.29, 0.717) is 11.9 Å². The fourth-order valence-electron chi connectivity index (χ4n) is 3.50. The van der Waals surface area contributed by atoms with Crippen molar-refractivity contribution in [3.05, 3.63) is 70.5 Å². The third-order valence-corrected chi connectivity index (χ3v) is 5.98. The first-order valence-electron chi connectivity index (χ1n) is 9.59. The molecule has 0 aliphatic carbocycles. The SMILES string of the molecule is O=c1c2ccccc2nc(SCCCc2ccccc2)n1CC1CCCO1. The zero-order valence-corrected chi connectivity index (χ0v) is 16.2. The summed E-state index contributed by atoms with van der Waals surface area (Å²) in [5.74, 6) is 0.936. The topological polar surface area (TPSA) is 44.1 Å². The molecular formula is C22H24N2O2S. The molecule has 140 valence electrons. The van der Waals surface area contributed by atoms with Crippen LogP contribution in [0.25, 0.3) is 10.9 Å². The van der Waals surface area contributed by atoms with E-state index < -0.39 is 0 Å². The molecule has 0 saturated carbocycles. The van der Waals surface area contributed by atoms with Crippen LogP contribution in [0.15, 0.2) is 64.5 Å². The molecule has 4 nitrogen and oxygen atoms in total. The minimum Gasteiger partial charge on any atom is -0.376 e. The summed E-state index contributed by atoms with van der Waals surface area (Å²) in [5, 5.41) is 1.49. The van der Waals surface area contributed by atoms with E-state index in [4.69, 9.17) is 9.72 Å². The van der Waals surface area contributed by atoms with E-state index in [2.05, 4.69) is 24.3 Å². The van der Waals surface area contributed by atoms with E-state index in [1.807, 2.05) is 34.9 Å². The van der Waals surface area contributed by atoms with E-state index in [9.17, 15) is 4.79 Å². The highest BCUT2D eigenvalue weighted by Gasteiger charge is 2.20. The van der Waals surface area contributed by atoms with Crippen molar-refractivity contribution >= 4 is 22.7 Å². The normalized spacial score (nSPS) is 16.8. The Morgan fingerprint density at radius 3 is 2.74 bits per heavy atom. The smallest absolute Gasteiger partial charge is 0.262 e. The van der Waals surface area contributed by atoms with Crippen molar-refractivity contribution in [2.24, 2.45) is 0 Å². The Kier molecular flexibility index (Phi) is 5.90. The summed E-state index contributed by atoms with van der Waals surface area (Å²) in [6.45, 7) is 1.39. The van der Waals surface area contributed by atoms with Gasteiger partial charge in [-0.2, -0.15) is 0 Å². The second-order valence-corrected chi connectivity index (χ2v) is 7.96. The number of nitrogens with zero attached hydrogens (tertiary/aromatic N) is 2. The van der Waals surface area contributed by atoms with Crippen LogP contribution in [0.2, 0.25) is 0 Å². The maximum absolute atomic E-state index is 13.0. The summed E-state index contributed by atoms with van der Waals surface area (Å²) in [5.41, 5.74) is 2.17. The van der Waals surface area contributed by atoms with Gasteiger partial charge in [-0.3, -0.25) is 9.36 Å². The second-order valence-electron chi connectivity index (χ2n) is 6.90. The molecule has 0 bridgehead atoms. The lowest BCUT2D eigenvalue weighted by molar-refractivity contribution is 0.0937. The number of rotatable bonds is 7. The van der Waals surface area contributed by atoms with Crippen LogP contribution in [0, 0.1) is 0 Å². The maximum atomic E-state index is 13.0. The molecule has 0 N–H and O–H groups in total. The van der Waals surface area contributed by atoms with Crippen molar-refractivity contribution in [1.29, 1.82) is 0 Å². The molecule has 0 radical (unpaired) electrons. The molecule has 1 saturated heterocycles. The molecule has 1 aromatic heterocycles.